The summed E-state index contributed by atoms with van der Waals surface area (Å²) in [5.74, 6) is -3.90. The number of halogens is 1. The Morgan fingerprint density at radius 1 is 1.04 bits per heavy atom. The van der Waals surface area contributed by atoms with Crippen molar-refractivity contribution in [2.75, 3.05) is 18.9 Å². The molecule has 1 amide bonds. The van der Waals surface area contributed by atoms with Crippen molar-refractivity contribution in [2.45, 2.75) is 42.5 Å². The Bertz CT molecular complexity index is 1990. The number of amides is 1. The number of carbonyl (C=O) groups is 4. The molecule has 2 aromatic heterocycles. The second kappa shape index (κ2) is 18.4. The van der Waals surface area contributed by atoms with Crippen LogP contribution in [0.3, 0.4) is 0 Å². The number of nitrogens with zero attached hydrogens (tertiary/aromatic N) is 4. The number of aromatic nitrogens is 2. The van der Waals surface area contributed by atoms with Gasteiger partial charge in [-0.05, 0) is 42.7 Å². The summed E-state index contributed by atoms with van der Waals surface area (Å²) in [6.45, 7) is 7.49. The van der Waals surface area contributed by atoms with Crippen LogP contribution in [0, 0.1) is 17.9 Å². The van der Waals surface area contributed by atoms with Gasteiger partial charge in [0.05, 0.1) is 29.8 Å². The summed E-state index contributed by atoms with van der Waals surface area (Å²) < 4.78 is 10.7. The van der Waals surface area contributed by atoms with Crippen LogP contribution in [-0.4, -0.2) is 53.0 Å². The summed E-state index contributed by atoms with van der Waals surface area (Å²) in [7, 11) is 0. The number of ether oxygens (including phenoxy) is 2. The smallest absolute Gasteiger partial charge is 0.305 e. The molecule has 17 heteroatoms. The van der Waals surface area contributed by atoms with Gasteiger partial charge >= 0.3 is 5.97 Å². The monoisotopic (exact) mass is 746 g/mol. The van der Waals surface area contributed by atoms with Crippen molar-refractivity contribution in [3.8, 4) is 33.5 Å². The predicted molar refractivity (Wildman–Crippen MR) is 184 cm³/mol. The Balaban J connectivity index is 1.33. The quantitative estimate of drug-likeness (QED) is 0.0686. The molecular formula is C34H27ClN6O8S2-2. The van der Waals surface area contributed by atoms with Crippen molar-refractivity contribution < 1.29 is 38.9 Å². The summed E-state index contributed by atoms with van der Waals surface area (Å²) in [5.41, 5.74) is 8.96. The van der Waals surface area contributed by atoms with Crippen molar-refractivity contribution in [2.24, 2.45) is 0 Å². The van der Waals surface area contributed by atoms with Gasteiger partial charge in [-0.25, -0.2) is 14.8 Å². The van der Waals surface area contributed by atoms with E-state index in [4.69, 9.17) is 33.4 Å². The zero-order valence-corrected chi connectivity index (χ0v) is 28.9. The van der Waals surface area contributed by atoms with E-state index in [1.165, 1.54) is 23.1 Å². The lowest BCUT2D eigenvalue weighted by Crippen LogP contribution is -2.48. The van der Waals surface area contributed by atoms with Crippen LogP contribution in [0.25, 0.3) is 26.5 Å². The molecule has 0 saturated carbocycles. The van der Waals surface area contributed by atoms with Gasteiger partial charge in [-0.3, -0.25) is 9.59 Å². The first-order valence-corrected chi connectivity index (χ1v) is 17.3. The number of hydrogen-bond acceptors (Lipinski definition) is 14. The first-order valence-electron chi connectivity index (χ1n) is 15.0. The van der Waals surface area contributed by atoms with Crippen molar-refractivity contribution >= 4 is 70.0 Å². The molecule has 51 heavy (non-hydrogen) atoms. The Morgan fingerprint density at radius 2 is 1.75 bits per heavy atom. The zero-order valence-electron chi connectivity index (χ0n) is 26.5. The average molecular weight is 747 g/mol. The largest absolute Gasteiger partial charge is 0.550 e. The zero-order chi connectivity index (χ0) is 36.9. The lowest BCUT2D eigenvalue weighted by molar-refractivity contribution is -0.308. The number of carboxylic acid groups (broad SMARTS) is 2. The van der Waals surface area contributed by atoms with Gasteiger partial charge < -0.3 is 40.3 Å². The van der Waals surface area contributed by atoms with E-state index in [1.807, 2.05) is 17.5 Å². The van der Waals surface area contributed by atoms with Gasteiger partial charge in [-0.2, -0.15) is 5.26 Å². The summed E-state index contributed by atoms with van der Waals surface area (Å²) >= 11 is 8.75. The summed E-state index contributed by atoms with van der Waals surface area (Å²) in [6.07, 6.45) is -1.75. The van der Waals surface area contributed by atoms with Gasteiger partial charge in [0.2, 0.25) is 11.6 Å². The number of carboxylic acids is 2. The highest BCUT2D eigenvalue weighted by Crippen LogP contribution is 2.42. The number of pyridine rings is 1. The molecule has 2 heterocycles. The minimum atomic E-state index is -1.63. The van der Waals surface area contributed by atoms with Crippen LogP contribution in [0.2, 0.25) is 5.02 Å². The number of hydrogen-bond donors (Lipinski definition) is 2. The van der Waals surface area contributed by atoms with Gasteiger partial charge in [-0.15, -0.1) is 11.3 Å². The fraction of sp³-hybridized carbons (Fsp3) is 0.235. The number of aliphatic carboxylic acids is 2. The van der Waals surface area contributed by atoms with Crippen molar-refractivity contribution in [1.82, 2.24) is 15.3 Å². The lowest BCUT2D eigenvalue weighted by atomic mass is 10.00. The summed E-state index contributed by atoms with van der Waals surface area (Å²) in [4.78, 5) is 58.1. The van der Waals surface area contributed by atoms with E-state index >= 15 is 0 Å². The predicted octanol–water partition coefficient (Wildman–Crippen LogP) is 3.29. The second-order valence-corrected chi connectivity index (χ2v) is 12.8. The second-order valence-electron chi connectivity index (χ2n) is 10.5. The standard InChI is InChI=1S/C34H29ClN6O8S2/c1-38-30-29(24(16-36)33(41-31(30)37)51-18-22-17-50-32(39-22)20-2-6-21(35)7-3-20)19-4-8-23(9-5-19)48-14-15-49-28(45)13-10-25(34(46)47)40-26(42)11-12-27(43)44/h2-9,17,25H,10-15,18H2,(H2,37,41)(H,40,42)(H,43,44)(H,46,47)/p-2/t25-/m0/s1. The van der Waals surface area contributed by atoms with Crippen LogP contribution in [0.4, 0.5) is 11.5 Å². The van der Waals surface area contributed by atoms with Crippen molar-refractivity contribution in [1.29, 1.82) is 5.26 Å². The van der Waals surface area contributed by atoms with Gasteiger partial charge in [0.15, 0.2) is 0 Å². The van der Waals surface area contributed by atoms with E-state index in [2.05, 4.69) is 26.2 Å². The third-order valence-electron chi connectivity index (χ3n) is 6.96. The maximum Gasteiger partial charge on any atom is 0.305 e. The topological polar surface area (TPSA) is 225 Å². The van der Waals surface area contributed by atoms with Crippen molar-refractivity contribution in [3.63, 3.8) is 0 Å². The molecule has 1 atom stereocenters. The number of nitrogens with two attached hydrogens (primary N) is 1. The van der Waals surface area contributed by atoms with Gasteiger partial charge in [0.1, 0.15) is 40.9 Å². The number of benzene rings is 2. The number of carbonyl (C=O) groups excluding carboxylic acids is 4. The molecule has 2 aromatic carbocycles. The molecule has 0 bridgehead atoms. The molecular weight excluding hydrogens is 720 g/mol. The average Bonchev–Trinajstić information content (AvgIpc) is 3.59. The third kappa shape index (κ3) is 10.9. The number of thiazole rings is 1. The van der Waals surface area contributed by atoms with E-state index in [9.17, 15) is 34.7 Å². The fourth-order valence-electron chi connectivity index (χ4n) is 4.51. The van der Waals surface area contributed by atoms with E-state index in [0.29, 0.717) is 32.7 Å². The number of anilines is 1. The molecule has 0 aliphatic heterocycles. The Kier molecular flexibility index (Phi) is 13.7. The lowest BCUT2D eigenvalue weighted by Gasteiger charge is -2.19. The molecule has 4 aromatic rings. The molecule has 0 unspecified atom stereocenters. The van der Waals surface area contributed by atoms with Crippen LogP contribution in [0.5, 0.6) is 5.75 Å². The minimum absolute atomic E-state index is 0.0205. The highest BCUT2D eigenvalue weighted by Gasteiger charge is 2.21. The van der Waals surface area contributed by atoms with Crippen LogP contribution in [0.1, 0.15) is 36.9 Å². The molecule has 0 aliphatic rings. The van der Waals surface area contributed by atoms with Crippen LogP contribution >= 0.6 is 34.7 Å². The van der Waals surface area contributed by atoms with E-state index in [-0.39, 0.29) is 43.1 Å². The maximum absolute atomic E-state index is 12.1. The summed E-state index contributed by atoms with van der Waals surface area (Å²) in [5, 5.41) is 37.7. The number of rotatable bonds is 17. The van der Waals surface area contributed by atoms with Gasteiger partial charge in [0.25, 0.3) is 0 Å². The number of nitrogen functional groups attached to an aromatic ring is 1. The van der Waals surface area contributed by atoms with E-state index in [1.54, 1.807) is 36.4 Å². The molecule has 0 spiro atoms. The molecule has 0 aliphatic carbocycles. The van der Waals surface area contributed by atoms with Crippen LogP contribution in [-0.2, 0) is 29.7 Å². The third-order valence-corrected chi connectivity index (χ3v) is 9.16. The van der Waals surface area contributed by atoms with Crippen LogP contribution in [0.15, 0.2) is 58.9 Å². The van der Waals surface area contributed by atoms with E-state index < -0.39 is 42.7 Å². The van der Waals surface area contributed by atoms with Gasteiger partial charge in [0, 0.05) is 46.1 Å². The Morgan fingerprint density at radius 3 is 2.39 bits per heavy atom. The molecule has 14 nitrogen and oxygen atoms in total. The SMILES string of the molecule is [C-]#[N+]c1c(N)nc(SCc2csc(-c3ccc(Cl)cc3)n2)c(C#N)c1-c1ccc(OCCOC(=O)CC[C@H](NC(=O)CCC(=O)[O-])C(=O)[O-])cc1. The molecule has 4 rings (SSSR count). The highest BCUT2D eigenvalue weighted by atomic mass is 35.5. The molecule has 0 fully saturated rings. The number of esters is 1. The summed E-state index contributed by atoms with van der Waals surface area (Å²) in [6, 6.07) is 14.5. The fourth-order valence-corrected chi connectivity index (χ4v) is 6.46. The van der Waals surface area contributed by atoms with Gasteiger partial charge in [-0.1, -0.05) is 47.6 Å². The normalized spacial score (nSPS) is 11.1. The highest BCUT2D eigenvalue weighted by molar-refractivity contribution is 7.98. The molecule has 262 valence electrons. The minimum Gasteiger partial charge on any atom is -0.550 e. The number of nitrogens with one attached hydrogen (secondary N) is 1. The first kappa shape index (κ1) is 38.1. The Hall–Kier alpha value is -5.68. The number of thioether (sulfide) groups is 1. The van der Waals surface area contributed by atoms with Crippen LogP contribution < -0.4 is 26.0 Å². The number of nitriles is 1. The molecule has 0 radical (unpaired) electrons. The molecule has 0 saturated heterocycles. The van der Waals surface area contributed by atoms with Crippen molar-refractivity contribution in [3.05, 3.63) is 81.6 Å². The first-order chi connectivity index (χ1) is 24.5. The Labute approximate surface area is 305 Å². The maximum atomic E-state index is 12.1. The van der Waals surface area contributed by atoms with E-state index in [0.717, 1.165) is 16.3 Å². The molecule has 3 N–H and O–H groups in total.